The highest BCUT2D eigenvalue weighted by atomic mass is 19.2. The minimum atomic E-state index is -0.981. The van der Waals surface area contributed by atoms with Crippen LogP contribution in [0.3, 0.4) is 0 Å². The molecule has 250 valence electrons. The SMILES string of the molecule is CCN(CCOc1ccc(C(=O)NC2C/C(=C\c3ccc(F)c(F)c3)C(OC)/C(=C/c3ccc(F)c(F)c3)C2)cc1)C1CCCCC1. The summed E-state index contributed by atoms with van der Waals surface area (Å²) in [4.78, 5) is 15.9. The van der Waals surface area contributed by atoms with Gasteiger partial charge in [-0.05, 0) is 103 Å². The molecule has 2 aliphatic rings. The summed E-state index contributed by atoms with van der Waals surface area (Å²) in [6, 6.07) is 14.5. The summed E-state index contributed by atoms with van der Waals surface area (Å²) >= 11 is 0. The minimum absolute atomic E-state index is 0.286. The quantitative estimate of drug-likeness (QED) is 0.212. The number of nitrogens with zero attached hydrogens (tertiary/aromatic N) is 1. The van der Waals surface area contributed by atoms with E-state index in [4.69, 9.17) is 9.47 Å². The number of ether oxygens (including phenoxy) is 2. The van der Waals surface area contributed by atoms with Gasteiger partial charge in [0.15, 0.2) is 23.3 Å². The summed E-state index contributed by atoms with van der Waals surface area (Å²) in [5.41, 5.74) is 2.73. The third-order valence-corrected chi connectivity index (χ3v) is 9.06. The van der Waals surface area contributed by atoms with Crippen LogP contribution in [0, 0.1) is 23.3 Å². The molecule has 2 fully saturated rings. The lowest BCUT2D eigenvalue weighted by atomic mass is 9.82. The molecule has 0 radical (unpaired) electrons. The van der Waals surface area contributed by atoms with Gasteiger partial charge in [-0.25, -0.2) is 17.6 Å². The fraction of sp³-hybridized carbons (Fsp3) is 0.395. The van der Waals surface area contributed by atoms with Gasteiger partial charge in [-0.2, -0.15) is 0 Å². The predicted molar refractivity (Wildman–Crippen MR) is 176 cm³/mol. The number of carbonyl (C=O) groups excluding carboxylic acids is 1. The van der Waals surface area contributed by atoms with Gasteiger partial charge in [-0.3, -0.25) is 9.69 Å². The summed E-state index contributed by atoms with van der Waals surface area (Å²) in [5, 5.41) is 3.08. The van der Waals surface area contributed by atoms with E-state index in [1.807, 2.05) is 0 Å². The van der Waals surface area contributed by atoms with E-state index in [0.717, 1.165) is 37.4 Å². The largest absolute Gasteiger partial charge is 0.492 e. The Bertz CT molecular complexity index is 1510. The second-order valence-electron chi connectivity index (χ2n) is 12.3. The van der Waals surface area contributed by atoms with E-state index >= 15 is 0 Å². The van der Waals surface area contributed by atoms with Crippen molar-refractivity contribution in [1.29, 1.82) is 0 Å². The zero-order valence-electron chi connectivity index (χ0n) is 26.9. The van der Waals surface area contributed by atoms with Gasteiger partial charge < -0.3 is 14.8 Å². The molecule has 0 aliphatic heterocycles. The smallest absolute Gasteiger partial charge is 0.251 e. The fourth-order valence-electron chi connectivity index (χ4n) is 6.70. The van der Waals surface area contributed by atoms with Gasteiger partial charge in [0.05, 0.1) is 6.10 Å². The van der Waals surface area contributed by atoms with E-state index in [9.17, 15) is 22.4 Å². The minimum Gasteiger partial charge on any atom is -0.492 e. The Morgan fingerprint density at radius 1 is 0.830 bits per heavy atom. The Morgan fingerprint density at radius 3 is 1.91 bits per heavy atom. The first-order valence-electron chi connectivity index (χ1n) is 16.4. The molecule has 1 N–H and O–H groups in total. The molecule has 47 heavy (non-hydrogen) atoms. The molecule has 0 unspecified atom stereocenters. The second kappa shape index (κ2) is 16.2. The highest BCUT2D eigenvalue weighted by molar-refractivity contribution is 5.94. The molecule has 0 heterocycles. The number of methoxy groups -OCH3 is 1. The molecule has 0 spiro atoms. The number of likely N-dealkylation sites (N-methyl/N-ethyl adjacent to an activating group) is 1. The number of amides is 1. The number of carbonyl (C=O) groups is 1. The van der Waals surface area contributed by atoms with Gasteiger partial charge in [0, 0.05) is 31.3 Å². The summed E-state index contributed by atoms with van der Waals surface area (Å²) in [7, 11) is 1.52. The van der Waals surface area contributed by atoms with Gasteiger partial charge in [-0.1, -0.05) is 50.5 Å². The molecule has 1 amide bonds. The molecule has 2 aliphatic carbocycles. The lowest BCUT2D eigenvalue weighted by Crippen LogP contribution is -2.41. The maximum absolute atomic E-state index is 14.0. The lowest BCUT2D eigenvalue weighted by Gasteiger charge is -2.34. The number of nitrogens with one attached hydrogen (secondary N) is 1. The normalized spacial score (nSPS) is 20.6. The molecule has 0 aromatic heterocycles. The maximum Gasteiger partial charge on any atom is 0.251 e. The van der Waals surface area contributed by atoms with E-state index in [1.165, 1.54) is 51.3 Å². The van der Waals surface area contributed by atoms with Gasteiger partial charge in [0.25, 0.3) is 5.91 Å². The van der Waals surface area contributed by atoms with Gasteiger partial charge in [0.2, 0.25) is 0 Å². The molecule has 3 aromatic carbocycles. The van der Waals surface area contributed by atoms with Gasteiger partial charge in [-0.15, -0.1) is 0 Å². The van der Waals surface area contributed by atoms with Crippen LogP contribution in [-0.2, 0) is 4.74 Å². The number of hydrogen-bond acceptors (Lipinski definition) is 4. The topological polar surface area (TPSA) is 50.8 Å². The number of rotatable bonds is 11. The highest BCUT2D eigenvalue weighted by Crippen LogP contribution is 2.34. The molecule has 3 aromatic rings. The number of halogens is 4. The van der Waals surface area contributed by atoms with Crippen LogP contribution in [0.1, 0.15) is 73.4 Å². The predicted octanol–water partition coefficient (Wildman–Crippen LogP) is 8.35. The first-order chi connectivity index (χ1) is 22.7. The third kappa shape index (κ3) is 9.11. The third-order valence-electron chi connectivity index (χ3n) is 9.06. The first kappa shape index (κ1) is 34.4. The van der Waals surface area contributed by atoms with Crippen LogP contribution >= 0.6 is 0 Å². The molecular formula is C38H42F4N2O3. The second-order valence-corrected chi connectivity index (χ2v) is 12.3. The van der Waals surface area contributed by atoms with Crippen LogP contribution in [0.5, 0.6) is 5.75 Å². The van der Waals surface area contributed by atoms with E-state index in [2.05, 4.69) is 17.1 Å². The molecular weight excluding hydrogens is 608 g/mol. The Balaban J connectivity index is 1.29. The van der Waals surface area contributed by atoms with Crippen molar-refractivity contribution in [2.75, 3.05) is 26.8 Å². The van der Waals surface area contributed by atoms with Gasteiger partial charge in [0.1, 0.15) is 12.4 Å². The average molecular weight is 651 g/mol. The average Bonchev–Trinajstić information content (AvgIpc) is 3.07. The van der Waals surface area contributed by atoms with E-state index in [1.54, 1.807) is 36.4 Å². The van der Waals surface area contributed by atoms with E-state index in [0.29, 0.717) is 59.1 Å². The molecule has 0 bridgehead atoms. The van der Waals surface area contributed by atoms with Crippen LogP contribution in [0.4, 0.5) is 17.6 Å². The first-order valence-corrected chi connectivity index (χ1v) is 16.4. The fourth-order valence-corrected chi connectivity index (χ4v) is 6.70. The van der Waals surface area contributed by atoms with E-state index in [-0.39, 0.29) is 5.91 Å². The highest BCUT2D eigenvalue weighted by Gasteiger charge is 2.31. The van der Waals surface area contributed by atoms with E-state index < -0.39 is 35.4 Å². The molecule has 5 nitrogen and oxygen atoms in total. The summed E-state index contributed by atoms with van der Waals surface area (Å²) in [6.07, 6.45) is 9.95. The van der Waals surface area contributed by atoms with Crippen molar-refractivity contribution in [2.45, 2.75) is 70.1 Å². The Labute approximate surface area is 274 Å². The van der Waals surface area contributed by atoms with Crippen molar-refractivity contribution in [3.63, 3.8) is 0 Å². The standard InChI is InChI=1S/C38H42F4N2O3/c1-3-44(31-7-5-4-6-8-31)17-18-47-32-13-11-27(12-14-32)38(45)43-30-23-28(19-25-9-15-33(39)35(41)21-25)37(46-2)29(24-30)20-26-10-16-34(40)36(42)22-26/h9-16,19-22,30-31,37H,3-8,17-18,23-24H2,1-2H3,(H,43,45)/b28-19+,29-20+. The van der Waals surface area contributed by atoms with Crippen molar-refractivity contribution < 1.29 is 31.8 Å². The van der Waals surface area contributed by atoms with Crippen LogP contribution in [0.2, 0.25) is 0 Å². The van der Waals surface area contributed by atoms with Crippen molar-refractivity contribution >= 4 is 18.1 Å². The molecule has 0 saturated heterocycles. The van der Waals surface area contributed by atoms with Crippen LogP contribution in [-0.4, -0.2) is 55.8 Å². The summed E-state index contributed by atoms with van der Waals surface area (Å²) in [5.74, 6) is -3.47. The molecule has 5 rings (SSSR count). The zero-order valence-corrected chi connectivity index (χ0v) is 26.9. The summed E-state index contributed by atoms with van der Waals surface area (Å²) in [6.45, 7) is 4.61. The maximum atomic E-state index is 14.0. The Hall–Kier alpha value is -3.95. The lowest BCUT2D eigenvalue weighted by molar-refractivity contribution is 0.0921. The van der Waals surface area contributed by atoms with Crippen molar-refractivity contribution in [2.24, 2.45) is 0 Å². The Kier molecular flexibility index (Phi) is 11.9. The molecule has 9 heteroatoms. The number of hydrogen-bond donors (Lipinski definition) is 1. The van der Waals surface area contributed by atoms with Crippen LogP contribution in [0.15, 0.2) is 71.8 Å². The van der Waals surface area contributed by atoms with Crippen LogP contribution < -0.4 is 10.1 Å². The summed E-state index contributed by atoms with van der Waals surface area (Å²) < 4.78 is 67.1. The Morgan fingerprint density at radius 2 is 1.40 bits per heavy atom. The van der Waals surface area contributed by atoms with Crippen molar-refractivity contribution in [3.05, 3.63) is 112 Å². The van der Waals surface area contributed by atoms with Crippen molar-refractivity contribution in [1.82, 2.24) is 10.2 Å². The van der Waals surface area contributed by atoms with Crippen molar-refractivity contribution in [3.8, 4) is 5.75 Å². The monoisotopic (exact) mass is 650 g/mol. The number of benzene rings is 3. The zero-order chi connectivity index (χ0) is 33.3. The molecule has 2 saturated carbocycles. The van der Waals surface area contributed by atoms with Crippen LogP contribution in [0.25, 0.3) is 12.2 Å². The van der Waals surface area contributed by atoms with Gasteiger partial charge >= 0.3 is 0 Å². The molecule has 0 atom stereocenters.